The summed E-state index contributed by atoms with van der Waals surface area (Å²) in [5.74, 6) is 0.473. The van der Waals surface area contributed by atoms with E-state index in [1.54, 1.807) is 6.07 Å². The Morgan fingerprint density at radius 1 is 1.05 bits per heavy atom. The first-order chi connectivity index (χ1) is 18.2. The second-order valence-corrected chi connectivity index (χ2v) is 11.1. The van der Waals surface area contributed by atoms with Crippen LogP contribution in [0.2, 0.25) is 0 Å². The molecule has 0 saturated carbocycles. The van der Waals surface area contributed by atoms with E-state index in [0.717, 1.165) is 56.6 Å². The summed E-state index contributed by atoms with van der Waals surface area (Å²) in [6.07, 6.45) is 4.64. The summed E-state index contributed by atoms with van der Waals surface area (Å²) in [5, 5.41) is 3.05. The van der Waals surface area contributed by atoms with Gasteiger partial charge in [0.25, 0.3) is 0 Å². The number of piperazine rings is 1. The van der Waals surface area contributed by atoms with E-state index in [1.807, 2.05) is 18.3 Å². The normalized spacial score (nSPS) is 19.7. The Morgan fingerprint density at radius 2 is 1.89 bits per heavy atom. The average molecular weight is 519 g/mol. The molecule has 0 unspecified atom stereocenters. The molecule has 0 spiro atoms. The number of aryl methyl sites for hydroxylation is 1. The van der Waals surface area contributed by atoms with Gasteiger partial charge in [0.05, 0.1) is 11.7 Å². The number of rotatable bonds is 5. The average Bonchev–Trinajstić information content (AvgIpc) is 3.41. The Hall–Kier alpha value is -3.50. The fourth-order valence-electron chi connectivity index (χ4n) is 5.56. The van der Waals surface area contributed by atoms with Crippen LogP contribution in [-0.2, 0) is 18.5 Å². The lowest BCUT2D eigenvalue weighted by Gasteiger charge is -2.37. The topological polar surface area (TPSA) is 75.0 Å². The van der Waals surface area contributed by atoms with Gasteiger partial charge in [-0.15, -0.1) is 0 Å². The molecule has 38 heavy (non-hydrogen) atoms. The molecule has 3 aromatic heterocycles. The molecule has 4 aromatic rings. The fourth-order valence-corrected chi connectivity index (χ4v) is 5.56. The number of halogens is 2. The van der Waals surface area contributed by atoms with E-state index in [1.165, 1.54) is 6.07 Å². The van der Waals surface area contributed by atoms with Gasteiger partial charge in [-0.3, -0.25) is 4.90 Å². The van der Waals surface area contributed by atoms with Crippen LogP contribution in [0.1, 0.15) is 38.6 Å². The highest BCUT2D eigenvalue weighted by Crippen LogP contribution is 2.38. The minimum Gasteiger partial charge on any atom is -0.322 e. The lowest BCUT2D eigenvalue weighted by atomic mass is 10.0. The number of nitrogens with one attached hydrogen (secondary N) is 1. The number of hydrogen-bond donors (Lipinski definition) is 1. The van der Waals surface area contributed by atoms with Gasteiger partial charge in [0, 0.05) is 55.9 Å². The summed E-state index contributed by atoms with van der Waals surface area (Å²) >= 11 is 0. The highest BCUT2D eigenvalue weighted by Gasteiger charge is 2.33. The molecule has 5 heterocycles. The molecule has 0 amide bonds. The maximum Gasteiger partial charge on any atom is 0.229 e. The van der Waals surface area contributed by atoms with Gasteiger partial charge in [-0.25, -0.2) is 28.7 Å². The van der Waals surface area contributed by atoms with Crippen LogP contribution in [0.3, 0.4) is 0 Å². The number of fused-ring (bicyclic) bond motifs is 3. The van der Waals surface area contributed by atoms with Crippen molar-refractivity contribution < 1.29 is 8.78 Å². The van der Waals surface area contributed by atoms with Crippen molar-refractivity contribution in [2.45, 2.75) is 51.7 Å². The smallest absolute Gasteiger partial charge is 0.229 e. The number of imidazole rings is 1. The zero-order valence-corrected chi connectivity index (χ0v) is 22.2. The Morgan fingerprint density at radius 3 is 2.66 bits per heavy atom. The lowest BCUT2D eigenvalue weighted by Crippen LogP contribution is -2.49. The molecule has 1 aromatic carbocycles. The van der Waals surface area contributed by atoms with Gasteiger partial charge in [0.2, 0.25) is 5.95 Å². The molecule has 10 heteroatoms. The molecular formula is C28H32F2N8. The highest BCUT2D eigenvalue weighted by molar-refractivity contribution is 5.83. The van der Waals surface area contributed by atoms with Crippen LogP contribution in [0.25, 0.3) is 22.3 Å². The number of pyridine rings is 1. The summed E-state index contributed by atoms with van der Waals surface area (Å²) in [4.78, 5) is 22.3. The predicted molar refractivity (Wildman–Crippen MR) is 143 cm³/mol. The Bertz CT molecular complexity index is 1500. The first kappa shape index (κ1) is 24.8. The molecule has 6 rings (SSSR count). The molecule has 8 nitrogen and oxygen atoms in total. The van der Waals surface area contributed by atoms with Crippen molar-refractivity contribution in [2.24, 2.45) is 0 Å². The molecule has 1 saturated heterocycles. The minimum absolute atomic E-state index is 0.0236. The molecular weight excluding hydrogens is 486 g/mol. The molecule has 1 N–H and O–H groups in total. The molecule has 1 fully saturated rings. The quantitative estimate of drug-likeness (QED) is 0.410. The Labute approximate surface area is 220 Å². The van der Waals surface area contributed by atoms with E-state index in [2.05, 4.69) is 67.4 Å². The van der Waals surface area contributed by atoms with Crippen molar-refractivity contribution in [2.75, 3.05) is 32.0 Å². The molecule has 2 aliphatic heterocycles. The van der Waals surface area contributed by atoms with E-state index in [4.69, 9.17) is 0 Å². The SMILES string of the molecule is C[C@H]1CN(Cc2ccc(Nc3ncc(F)c(-c4cc(F)c5nc6n(c5c4)C(C)(C)CC6)n3)nc2)CCN1C. The number of aromatic nitrogens is 5. The van der Waals surface area contributed by atoms with Gasteiger partial charge in [0.15, 0.2) is 11.6 Å². The number of benzene rings is 1. The van der Waals surface area contributed by atoms with Crippen molar-refractivity contribution in [3.05, 3.63) is 59.7 Å². The Kier molecular flexibility index (Phi) is 6.11. The maximum absolute atomic E-state index is 15.1. The number of anilines is 2. The summed E-state index contributed by atoms with van der Waals surface area (Å²) in [6.45, 7) is 10.4. The predicted octanol–water partition coefficient (Wildman–Crippen LogP) is 4.73. The second-order valence-electron chi connectivity index (χ2n) is 11.1. The first-order valence-corrected chi connectivity index (χ1v) is 13.1. The molecule has 0 bridgehead atoms. The lowest BCUT2D eigenvalue weighted by molar-refractivity contribution is 0.0999. The van der Waals surface area contributed by atoms with Gasteiger partial charge in [0.1, 0.15) is 22.9 Å². The van der Waals surface area contributed by atoms with Crippen LogP contribution in [0.5, 0.6) is 0 Å². The zero-order valence-electron chi connectivity index (χ0n) is 22.2. The van der Waals surface area contributed by atoms with E-state index >= 15 is 4.39 Å². The first-order valence-electron chi connectivity index (χ1n) is 13.1. The van der Waals surface area contributed by atoms with Crippen molar-refractivity contribution in [1.29, 1.82) is 0 Å². The van der Waals surface area contributed by atoms with Crippen LogP contribution in [0.4, 0.5) is 20.5 Å². The van der Waals surface area contributed by atoms with Crippen LogP contribution in [0, 0.1) is 11.6 Å². The van der Waals surface area contributed by atoms with Crippen molar-refractivity contribution in [1.82, 2.24) is 34.3 Å². The third-order valence-corrected chi connectivity index (χ3v) is 7.88. The second kappa shape index (κ2) is 9.36. The third-order valence-electron chi connectivity index (χ3n) is 7.88. The van der Waals surface area contributed by atoms with E-state index < -0.39 is 11.6 Å². The highest BCUT2D eigenvalue weighted by atomic mass is 19.1. The van der Waals surface area contributed by atoms with E-state index in [-0.39, 0.29) is 17.2 Å². The number of nitrogens with zero attached hydrogens (tertiary/aromatic N) is 7. The van der Waals surface area contributed by atoms with Gasteiger partial charge in [-0.1, -0.05) is 6.07 Å². The maximum atomic E-state index is 15.1. The summed E-state index contributed by atoms with van der Waals surface area (Å²) in [5.41, 5.74) is 2.25. The number of likely N-dealkylation sites (N-methyl/N-ethyl adjacent to an activating group) is 1. The minimum atomic E-state index is -0.626. The zero-order chi connectivity index (χ0) is 26.6. The van der Waals surface area contributed by atoms with Crippen molar-refractivity contribution >= 4 is 22.8 Å². The van der Waals surface area contributed by atoms with Crippen LogP contribution >= 0.6 is 0 Å². The monoisotopic (exact) mass is 518 g/mol. The molecule has 0 radical (unpaired) electrons. The van der Waals surface area contributed by atoms with Crippen LogP contribution in [0.15, 0.2) is 36.7 Å². The molecule has 1 atom stereocenters. The Balaban J connectivity index is 1.23. The van der Waals surface area contributed by atoms with Gasteiger partial charge >= 0.3 is 0 Å². The summed E-state index contributed by atoms with van der Waals surface area (Å²) in [7, 11) is 2.16. The largest absolute Gasteiger partial charge is 0.322 e. The van der Waals surface area contributed by atoms with Crippen LogP contribution in [-0.4, -0.2) is 67.0 Å². The fraction of sp³-hybridized carbons (Fsp3) is 0.429. The summed E-state index contributed by atoms with van der Waals surface area (Å²) in [6, 6.07) is 7.47. The summed E-state index contributed by atoms with van der Waals surface area (Å²) < 4.78 is 32.0. The van der Waals surface area contributed by atoms with Gasteiger partial charge in [-0.05, 0) is 58.0 Å². The van der Waals surface area contributed by atoms with Gasteiger partial charge in [-0.2, -0.15) is 0 Å². The molecule has 198 valence electrons. The third kappa shape index (κ3) is 4.52. The van der Waals surface area contributed by atoms with Crippen molar-refractivity contribution in [3.63, 3.8) is 0 Å². The molecule has 0 aliphatic carbocycles. The standard InChI is InChI=1S/C28H32F2N8/c1-17-15-37(10-9-36(17)4)16-18-5-6-23(31-13-18)33-27-32-14-21(30)25(35-27)19-11-20(29)26-22(12-19)38-24(34-26)7-8-28(38,2)3/h5-6,11-14,17H,7-10,15-16H2,1-4H3,(H,31,32,33,35)/t17-/m0/s1. The van der Waals surface area contributed by atoms with Gasteiger partial charge < -0.3 is 14.8 Å². The van der Waals surface area contributed by atoms with E-state index in [0.29, 0.717) is 28.5 Å². The van der Waals surface area contributed by atoms with Crippen molar-refractivity contribution in [3.8, 4) is 11.3 Å². The van der Waals surface area contributed by atoms with E-state index in [9.17, 15) is 4.39 Å². The molecule has 2 aliphatic rings. The van der Waals surface area contributed by atoms with Crippen LogP contribution < -0.4 is 5.32 Å². The number of hydrogen-bond acceptors (Lipinski definition) is 7.